The predicted octanol–water partition coefficient (Wildman–Crippen LogP) is 5.44. The molecule has 1 aliphatic rings. The molecule has 5 rings (SSSR count). The molecule has 0 spiro atoms. The summed E-state index contributed by atoms with van der Waals surface area (Å²) in [5, 5.41) is 0. The van der Waals surface area contributed by atoms with E-state index in [1.54, 1.807) is 43.7 Å². The second kappa shape index (κ2) is 12.6. The number of methoxy groups -OCH3 is 1. The van der Waals surface area contributed by atoms with Crippen molar-refractivity contribution in [2.45, 2.75) is 33.4 Å². The molecule has 42 heavy (non-hydrogen) atoms. The van der Waals surface area contributed by atoms with Crippen molar-refractivity contribution in [3.63, 3.8) is 0 Å². The number of carbonyl (C=O) groups excluding carboxylic acids is 1. The molecule has 1 atom stereocenters. The summed E-state index contributed by atoms with van der Waals surface area (Å²) in [6.45, 7) is 5.87. The summed E-state index contributed by atoms with van der Waals surface area (Å²) >= 11 is 3.42. The van der Waals surface area contributed by atoms with Crippen LogP contribution in [0.4, 0.5) is 4.39 Å². The Labute approximate surface area is 259 Å². The Kier molecular flexibility index (Phi) is 8.93. The normalized spacial score (nSPS) is 14.8. The zero-order valence-electron chi connectivity index (χ0n) is 23.4. The molecule has 216 valence electrons. The zero-order valence-corrected chi connectivity index (χ0v) is 26.4. The predicted molar refractivity (Wildman–Crippen MR) is 168 cm³/mol. The van der Waals surface area contributed by atoms with E-state index < -0.39 is 12.0 Å². The van der Waals surface area contributed by atoms with Crippen LogP contribution in [0.3, 0.4) is 0 Å². The standard InChI is InChI=1S/C32H28FIN2O5S/c1-5-40-31(38)27-19(3)35-32-36(28(27)21-10-6-18(2)7-11-21)30(37)26(42-32)15-22-14-24(34)16-25(39-4)29(22)41-17-20-8-12-23(33)13-9-20/h6-16,28H,5,17H2,1-4H3/b26-15-/t28-/m0/s1. The molecule has 0 bridgehead atoms. The quantitative estimate of drug-likeness (QED) is 0.181. The smallest absolute Gasteiger partial charge is 0.338 e. The molecular formula is C32H28FIN2O5S. The Bertz CT molecular complexity index is 1860. The van der Waals surface area contributed by atoms with Crippen LogP contribution in [0.15, 0.2) is 81.7 Å². The van der Waals surface area contributed by atoms with Gasteiger partial charge in [0, 0.05) is 9.13 Å². The molecule has 0 amide bonds. The molecule has 1 aromatic heterocycles. The number of esters is 1. The number of ether oxygens (including phenoxy) is 3. The van der Waals surface area contributed by atoms with Gasteiger partial charge in [-0.1, -0.05) is 53.3 Å². The summed E-state index contributed by atoms with van der Waals surface area (Å²) in [6, 6.07) is 16.8. The van der Waals surface area contributed by atoms with Crippen molar-refractivity contribution in [2.75, 3.05) is 13.7 Å². The van der Waals surface area contributed by atoms with Gasteiger partial charge >= 0.3 is 5.97 Å². The maximum Gasteiger partial charge on any atom is 0.338 e. The third kappa shape index (κ3) is 6.05. The van der Waals surface area contributed by atoms with Crippen molar-refractivity contribution in [2.24, 2.45) is 4.99 Å². The van der Waals surface area contributed by atoms with Crippen molar-refractivity contribution in [3.05, 3.63) is 123 Å². The largest absolute Gasteiger partial charge is 0.493 e. The molecule has 0 fully saturated rings. The summed E-state index contributed by atoms with van der Waals surface area (Å²) in [5.74, 6) is 0.122. The lowest BCUT2D eigenvalue weighted by molar-refractivity contribution is -0.139. The van der Waals surface area contributed by atoms with Crippen molar-refractivity contribution in [3.8, 4) is 11.5 Å². The van der Waals surface area contributed by atoms with Crippen LogP contribution in [0.25, 0.3) is 6.08 Å². The topological polar surface area (TPSA) is 79.1 Å². The van der Waals surface area contributed by atoms with Gasteiger partial charge in [0.05, 0.1) is 35.6 Å². The van der Waals surface area contributed by atoms with Crippen LogP contribution in [0.1, 0.15) is 42.1 Å². The van der Waals surface area contributed by atoms with Crippen LogP contribution < -0.4 is 24.4 Å². The second-order valence-corrected chi connectivity index (χ2v) is 11.9. The van der Waals surface area contributed by atoms with Gasteiger partial charge in [0.2, 0.25) is 0 Å². The number of halogens is 2. The van der Waals surface area contributed by atoms with Crippen molar-refractivity contribution in [1.82, 2.24) is 4.57 Å². The Hall–Kier alpha value is -3.77. The first kappa shape index (κ1) is 29.7. The molecule has 0 radical (unpaired) electrons. The molecular weight excluding hydrogens is 670 g/mol. The second-order valence-electron chi connectivity index (χ2n) is 9.65. The number of hydrogen-bond acceptors (Lipinski definition) is 7. The lowest BCUT2D eigenvalue weighted by Gasteiger charge is -2.24. The molecule has 7 nitrogen and oxygen atoms in total. The van der Waals surface area contributed by atoms with Crippen molar-refractivity contribution < 1.29 is 23.4 Å². The fourth-order valence-electron chi connectivity index (χ4n) is 4.74. The monoisotopic (exact) mass is 698 g/mol. The lowest BCUT2D eigenvalue weighted by Crippen LogP contribution is -2.39. The number of aromatic nitrogens is 1. The number of carbonyl (C=O) groups is 1. The number of nitrogens with zero attached hydrogens (tertiary/aromatic N) is 2. The van der Waals surface area contributed by atoms with E-state index in [1.165, 1.54) is 23.5 Å². The highest BCUT2D eigenvalue weighted by atomic mass is 127. The Morgan fingerprint density at radius 3 is 2.50 bits per heavy atom. The number of thiazole rings is 1. The molecule has 4 aromatic rings. The average molecular weight is 699 g/mol. The third-order valence-electron chi connectivity index (χ3n) is 6.76. The van der Waals surface area contributed by atoms with E-state index in [4.69, 9.17) is 14.2 Å². The minimum absolute atomic E-state index is 0.175. The van der Waals surface area contributed by atoms with E-state index >= 15 is 0 Å². The van der Waals surface area contributed by atoms with E-state index in [0.29, 0.717) is 37.7 Å². The first-order valence-corrected chi connectivity index (χ1v) is 15.1. The Morgan fingerprint density at radius 2 is 1.83 bits per heavy atom. The van der Waals surface area contributed by atoms with Gasteiger partial charge in [0.1, 0.15) is 12.4 Å². The summed E-state index contributed by atoms with van der Waals surface area (Å²) < 4.78 is 33.4. The van der Waals surface area contributed by atoms with Crippen LogP contribution >= 0.6 is 33.9 Å². The number of allylic oxidation sites excluding steroid dienone is 1. The van der Waals surface area contributed by atoms with Crippen LogP contribution in [0, 0.1) is 16.3 Å². The maximum atomic E-state index is 14.1. The number of fused-ring (bicyclic) bond motifs is 1. The molecule has 0 unspecified atom stereocenters. The van der Waals surface area contributed by atoms with Crippen molar-refractivity contribution >= 4 is 46.0 Å². The molecule has 0 saturated carbocycles. The van der Waals surface area contributed by atoms with Crippen LogP contribution in [0.2, 0.25) is 0 Å². The number of hydrogen-bond donors (Lipinski definition) is 0. The van der Waals surface area contributed by atoms with Gasteiger partial charge in [-0.15, -0.1) is 0 Å². The minimum atomic E-state index is -0.692. The molecule has 10 heteroatoms. The minimum Gasteiger partial charge on any atom is -0.493 e. The average Bonchev–Trinajstić information content (AvgIpc) is 3.26. The van der Waals surface area contributed by atoms with E-state index in [1.807, 2.05) is 43.3 Å². The van der Waals surface area contributed by atoms with Gasteiger partial charge in [0.15, 0.2) is 16.3 Å². The number of rotatable bonds is 8. The van der Waals surface area contributed by atoms with Gasteiger partial charge in [0.25, 0.3) is 5.56 Å². The van der Waals surface area contributed by atoms with Gasteiger partial charge in [-0.25, -0.2) is 14.2 Å². The van der Waals surface area contributed by atoms with Crippen LogP contribution in [-0.4, -0.2) is 24.3 Å². The SMILES string of the molecule is CCOC(=O)C1=C(C)N=c2s/c(=C\c3cc(I)cc(OC)c3OCc3ccc(F)cc3)c(=O)n2[C@H]1c1ccc(C)cc1. The number of aryl methyl sites for hydroxylation is 1. The fraction of sp³-hybridized carbons (Fsp3) is 0.219. The van der Waals surface area contributed by atoms with E-state index in [9.17, 15) is 14.0 Å². The lowest BCUT2D eigenvalue weighted by atomic mass is 9.95. The molecule has 0 N–H and O–H groups in total. The van der Waals surface area contributed by atoms with Crippen molar-refractivity contribution in [1.29, 1.82) is 0 Å². The highest BCUT2D eigenvalue weighted by Crippen LogP contribution is 2.35. The summed E-state index contributed by atoms with van der Waals surface area (Å²) in [4.78, 5) is 32.3. The first-order valence-electron chi connectivity index (χ1n) is 13.2. The zero-order chi connectivity index (χ0) is 30.0. The van der Waals surface area contributed by atoms with Crippen LogP contribution in [-0.2, 0) is 16.1 Å². The van der Waals surface area contributed by atoms with Gasteiger partial charge in [-0.05, 0) is 84.8 Å². The molecule has 3 aromatic carbocycles. The molecule has 0 aliphatic carbocycles. The summed E-state index contributed by atoms with van der Waals surface area (Å²) in [6.07, 6.45) is 1.75. The van der Waals surface area contributed by atoms with E-state index in [0.717, 1.165) is 20.3 Å². The first-order chi connectivity index (χ1) is 20.2. The summed E-state index contributed by atoms with van der Waals surface area (Å²) in [5.41, 5.74) is 3.81. The maximum absolute atomic E-state index is 14.1. The third-order valence-corrected chi connectivity index (χ3v) is 8.37. The number of benzene rings is 3. The molecule has 0 saturated heterocycles. The Balaban J connectivity index is 1.66. The molecule has 2 heterocycles. The van der Waals surface area contributed by atoms with Gasteiger partial charge in [-0.3, -0.25) is 9.36 Å². The van der Waals surface area contributed by atoms with Gasteiger partial charge < -0.3 is 14.2 Å². The van der Waals surface area contributed by atoms with E-state index in [2.05, 4.69) is 27.6 Å². The van der Waals surface area contributed by atoms with Crippen LogP contribution in [0.5, 0.6) is 11.5 Å². The van der Waals surface area contributed by atoms with Gasteiger partial charge in [-0.2, -0.15) is 0 Å². The fourth-order valence-corrected chi connectivity index (χ4v) is 6.39. The highest BCUT2D eigenvalue weighted by molar-refractivity contribution is 14.1. The highest BCUT2D eigenvalue weighted by Gasteiger charge is 2.33. The van der Waals surface area contributed by atoms with E-state index in [-0.39, 0.29) is 24.6 Å². The molecule has 1 aliphatic heterocycles. The summed E-state index contributed by atoms with van der Waals surface area (Å²) in [7, 11) is 1.55. The Morgan fingerprint density at radius 1 is 1.12 bits per heavy atom.